The topological polar surface area (TPSA) is 49.9 Å². The molecule has 1 fully saturated rings. The van der Waals surface area contributed by atoms with E-state index in [9.17, 15) is 9.59 Å². The molecule has 1 saturated heterocycles. The van der Waals surface area contributed by atoms with E-state index in [1.54, 1.807) is 6.08 Å². The molecule has 1 heterocycles. The quantitative estimate of drug-likeness (QED) is 0.702. The molecule has 27 heavy (non-hydrogen) atoms. The summed E-state index contributed by atoms with van der Waals surface area (Å²) in [5, 5.41) is -0.260. The second-order valence-corrected chi connectivity index (χ2v) is 7.47. The summed E-state index contributed by atoms with van der Waals surface area (Å²) in [4.78, 5) is 28.4. The predicted molar refractivity (Wildman–Crippen MR) is 110 cm³/mol. The maximum atomic E-state index is 12.5. The molecule has 2 aromatic rings. The Balaban J connectivity index is 1.61. The van der Waals surface area contributed by atoms with Crippen LogP contribution in [0, 0.1) is 6.92 Å². The van der Waals surface area contributed by atoms with E-state index in [0.29, 0.717) is 4.91 Å². The van der Waals surface area contributed by atoms with Crippen molar-refractivity contribution in [2.75, 3.05) is 32.1 Å². The van der Waals surface area contributed by atoms with E-state index in [4.69, 9.17) is 4.74 Å². The van der Waals surface area contributed by atoms with Gasteiger partial charge in [0.1, 0.15) is 12.4 Å². The van der Waals surface area contributed by atoms with Gasteiger partial charge in [0.25, 0.3) is 11.1 Å². The number of anilines is 1. The minimum absolute atomic E-state index is 0.232. The summed E-state index contributed by atoms with van der Waals surface area (Å²) >= 11 is 0.968. The van der Waals surface area contributed by atoms with Gasteiger partial charge in [-0.05, 0) is 54.6 Å². The van der Waals surface area contributed by atoms with E-state index in [1.807, 2.05) is 74.4 Å². The second-order valence-electron chi connectivity index (χ2n) is 6.48. The van der Waals surface area contributed by atoms with Crippen molar-refractivity contribution in [3.05, 3.63) is 64.6 Å². The standard InChI is InChI=1S/C21H22N2O3S/c1-15-4-10-18(11-5-15)26-13-12-23-20(24)19(27-21(23)25)14-16-6-8-17(9-7-16)22(2)3/h4-11,14H,12-13H2,1-3H3/b19-14-. The van der Waals surface area contributed by atoms with Crippen molar-refractivity contribution in [3.63, 3.8) is 0 Å². The van der Waals surface area contributed by atoms with Gasteiger partial charge in [0.2, 0.25) is 0 Å². The summed E-state index contributed by atoms with van der Waals surface area (Å²) in [5.74, 6) is 0.457. The molecule has 140 valence electrons. The number of carbonyl (C=O) groups excluding carboxylic acids is 2. The van der Waals surface area contributed by atoms with E-state index in [0.717, 1.165) is 34.3 Å². The van der Waals surface area contributed by atoms with Crippen molar-refractivity contribution in [1.82, 2.24) is 4.90 Å². The molecule has 1 aliphatic rings. The molecule has 0 N–H and O–H groups in total. The predicted octanol–water partition coefficient (Wildman–Crippen LogP) is 4.18. The molecule has 0 atom stereocenters. The summed E-state index contributed by atoms with van der Waals surface area (Å²) in [5.41, 5.74) is 3.12. The van der Waals surface area contributed by atoms with Crippen LogP contribution in [0.5, 0.6) is 5.75 Å². The fourth-order valence-electron chi connectivity index (χ4n) is 2.60. The highest BCUT2D eigenvalue weighted by atomic mass is 32.2. The van der Waals surface area contributed by atoms with Crippen molar-refractivity contribution in [3.8, 4) is 5.75 Å². The monoisotopic (exact) mass is 382 g/mol. The smallest absolute Gasteiger partial charge is 0.293 e. The van der Waals surface area contributed by atoms with Crippen LogP contribution in [0.4, 0.5) is 10.5 Å². The van der Waals surface area contributed by atoms with Gasteiger partial charge < -0.3 is 9.64 Å². The average molecular weight is 382 g/mol. The zero-order valence-corrected chi connectivity index (χ0v) is 16.5. The fourth-order valence-corrected chi connectivity index (χ4v) is 3.47. The van der Waals surface area contributed by atoms with Crippen LogP contribution in [0.2, 0.25) is 0 Å². The lowest BCUT2D eigenvalue weighted by molar-refractivity contribution is -0.123. The number of aryl methyl sites for hydroxylation is 1. The average Bonchev–Trinajstić information content (AvgIpc) is 2.91. The number of benzene rings is 2. The van der Waals surface area contributed by atoms with E-state index >= 15 is 0 Å². The van der Waals surface area contributed by atoms with Gasteiger partial charge in [-0.1, -0.05) is 29.8 Å². The summed E-state index contributed by atoms with van der Waals surface area (Å²) in [6, 6.07) is 15.5. The lowest BCUT2D eigenvalue weighted by atomic mass is 10.2. The third-order valence-electron chi connectivity index (χ3n) is 4.19. The van der Waals surface area contributed by atoms with Crippen LogP contribution in [0.3, 0.4) is 0 Å². The van der Waals surface area contributed by atoms with E-state index < -0.39 is 0 Å². The molecular formula is C21H22N2O3S. The second kappa shape index (κ2) is 8.31. The first-order chi connectivity index (χ1) is 12.9. The molecule has 5 nitrogen and oxygen atoms in total. The minimum atomic E-state index is -0.269. The lowest BCUT2D eigenvalue weighted by Crippen LogP contribution is -2.32. The van der Waals surface area contributed by atoms with E-state index in [2.05, 4.69) is 0 Å². The first-order valence-corrected chi connectivity index (χ1v) is 9.48. The zero-order valence-electron chi connectivity index (χ0n) is 15.6. The SMILES string of the molecule is Cc1ccc(OCCN2C(=O)S/C(=C\c3ccc(N(C)C)cc3)C2=O)cc1. The maximum Gasteiger partial charge on any atom is 0.293 e. The van der Waals surface area contributed by atoms with Crippen molar-refractivity contribution >= 4 is 34.7 Å². The number of nitrogens with zero attached hydrogens (tertiary/aromatic N) is 2. The third kappa shape index (κ3) is 4.71. The lowest BCUT2D eigenvalue weighted by Gasteiger charge is -2.13. The normalized spacial score (nSPS) is 15.5. The van der Waals surface area contributed by atoms with Crippen LogP contribution in [0.1, 0.15) is 11.1 Å². The molecule has 0 aromatic heterocycles. The molecule has 0 spiro atoms. The molecule has 0 saturated carbocycles. The number of rotatable bonds is 6. The van der Waals surface area contributed by atoms with E-state index in [-0.39, 0.29) is 24.3 Å². The van der Waals surface area contributed by atoms with Crippen molar-refractivity contribution < 1.29 is 14.3 Å². The number of amides is 2. The number of ether oxygens (including phenoxy) is 1. The third-order valence-corrected chi connectivity index (χ3v) is 5.09. The Bertz CT molecular complexity index is 858. The molecule has 2 amide bonds. The number of hydrogen-bond donors (Lipinski definition) is 0. The van der Waals surface area contributed by atoms with Gasteiger partial charge in [0.05, 0.1) is 11.4 Å². The van der Waals surface area contributed by atoms with Gasteiger partial charge in [-0.3, -0.25) is 14.5 Å². The molecule has 1 aliphatic heterocycles. The number of carbonyl (C=O) groups is 2. The Hall–Kier alpha value is -2.73. The van der Waals surface area contributed by atoms with Crippen molar-refractivity contribution in [1.29, 1.82) is 0 Å². The molecule has 3 rings (SSSR count). The van der Waals surface area contributed by atoms with Gasteiger partial charge in [-0.25, -0.2) is 0 Å². The van der Waals surface area contributed by atoms with Crippen LogP contribution in [0.25, 0.3) is 6.08 Å². The van der Waals surface area contributed by atoms with E-state index in [1.165, 1.54) is 4.90 Å². The highest BCUT2D eigenvalue weighted by Gasteiger charge is 2.34. The van der Waals surface area contributed by atoms with Crippen molar-refractivity contribution in [2.45, 2.75) is 6.92 Å². The van der Waals surface area contributed by atoms with Gasteiger partial charge in [0, 0.05) is 19.8 Å². The molecule has 0 unspecified atom stereocenters. The van der Waals surface area contributed by atoms with Crippen LogP contribution in [-0.2, 0) is 4.79 Å². The molecule has 0 aliphatic carbocycles. The maximum absolute atomic E-state index is 12.5. The van der Waals surface area contributed by atoms with Crippen LogP contribution in [0.15, 0.2) is 53.4 Å². The first-order valence-electron chi connectivity index (χ1n) is 8.66. The van der Waals surface area contributed by atoms with Crippen molar-refractivity contribution in [2.24, 2.45) is 0 Å². The number of thioether (sulfide) groups is 1. The molecule has 6 heteroatoms. The molecule has 0 bridgehead atoms. The molecule has 2 aromatic carbocycles. The fraction of sp³-hybridized carbons (Fsp3) is 0.238. The highest BCUT2D eigenvalue weighted by Crippen LogP contribution is 2.32. The van der Waals surface area contributed by atoms with Gasteiger partial charge >= 0.3 is 0 Å². The largest absolute Gasteiger partial charge is 0.492 e. The molecular weight excluding hydrogens is 360 g/mol. The Morgan fingerprint density at radius 3 is 2.33 bits per heavy atom. The van der Waals surface area contributed by atoms with Crippen LogP contribution < -0.4 is 9.64 Å². The Morgan fingerprint density at radius 2 is 1.70 bits per heavy atom. The summed E-state index contributed by atoms with van der Waals surface area (Å²) in [7, 11) is 3.94. The Labute approximate surface area is 163 Å². The molecule has 0 radical (unpaired) electrons. The first kappa shape index (κ1) is 19.0. The summed E-state index contributed by atoms with van der Waals surface area (Å²) in [6.07, 6.45) is 1.76. The van der Waals surface area contributed by atoms with Crippen LogP contribution >= 0.6 is 11.8 Å². The Morgan fingerprint density at radius 1 is 1.04 bits per heavy atom. The zero-order chi connectivity index (χ0) is 19.4. The van der Waals surface area contributed by atoms with Gasteiger partial charge in [-0.2, -0.15) is 0 Å². The number of hydrogen-bond acceptors (Lipinski definition) is 5. The summed E-state index contributed by atoms with van der Waals surface area (Å²) in [6.45, 7) is 2.51. The Kier molecular flexibility index (Phi) is 5.86. The van der Waals surface area contributed by atoms with Gasteiger partial charge in [0.15, 0.2) is 0 Å². The van der Waals surface area contributed by atoms with Gasteiger partial charge in [-0.15, -0.1) is 0 Å². The summed E-state index contributed by atoms with van der Waals surface area (Å²) < 4.78 is 5.63. The highest BCUT2D eigenvalue weighted by molar-refractivity contribution is 8.18. The number of imide groups is 1. The van der Waals surface area contributed by atoms with Crippen LogP contribution in [-0.4, -0.2) is 43.3 Å². The minimum Gasteiger partial charge on any atom is -0.492 e.